The number of hydrogen-bond acceptors (Lipinski definition) is 3. The molecule has 2 heterocycles. The molecule has 3 amide bonds. The summed E-state index contributed by atoms with van der Waals surface area (Å²) in [5, 5.41) is 5.36. The van der Waals surface area contributed by atoms with E-state index in [9.17, 15) is 27.6 Å². The maximum atomic E-state index is 14.4. The molecule has 3 aromatic rings. The number of halogens is 3. The fraction of sp³-hybridized carbons (Fsp3) is 0.292. The van der Waals surface area contributed by atoms with Crippen LogP contribution in [0.1, 0.15) is 24.8 Å². The Labute approximate surface area is 186 Å². The third-order valence-corrected chi connectivity index (χ3v) is 6.42. The highest BCUT2D eigenvalue weighted by Gasteiger charge is 2.39. The van der Waals surface area contributed by atoms with Crippen molar-refractivity contribution in [2.45, 2.75) is 31.7 Å². The van der Waals surface area contributed by atoms with Crippen LogP contribution in [0.15, 0.2) is 36.4 Å². The van der Waals surface area contributed by atoms with Gasteiger partial charge >= 0.3 is 0 Å². The molecule has 5 rings (SSSR count). The minimum absolute atomic E-state index is 0.138. The van der Waals surface area contributed by atoms with Crippen LogP contribution in [0.2, 0.25) is 0 Å². The molecule has 1 atom stereocenters. The number of carbonyl (C=O) groups excluding carboxylic acids is 3. The molecule has 2 aliphatic rings. The molecule has 0 radical (unpaired) electrons. The van der Waals surface area contributed by atoms with Gasteiger partial charge in [-0.05, 0) is 66.6 Å². The lowest BCUT2D eigenvalue weighted by molar-refractivity contribution is -0.133. The number of rotatable bonds is 5. The zero-order chi connectivity index (χ0) is 23.3. The van der Waals surface area contributed by atoms with E-state index in [0.717, 1.165) is 11.6 Å². The van der Waals surface area contributed by atoms with Gasteiger partial charge < -0.3 is 10.3 Å². The summed E-state index contributed by atoms with van der Waals surface area (Å²) in [6, 6.07) is 7.73. The van der Waals surface area contributed by atoms with E-state index < -0.39 is 41.1 Å². The van der Waals surface area contributed by atoms with E-state index in [-0.39, 0.29) is 23.9 Å². The monoisotopic (exact) mass is 455 g/mol. The number of nitrogens with one attached hydrogen (secondary N) is 3. The van der Waals surface area contributed by atoms with Gasteiger partial charge in [0.15, 0.2) is 0 Å². The van der Waals surface area contributed by atoms with Gasteiger partial charge in [0.1, 0.15) is 23.4 Å². The summed E-state index contributed by atoms with van der Waals surface area (Å²) >= 11 is 0. The van der Waals surface area contributed by atoms with Crippen LogP contribution in [0, 0.1) is 29.3 Å². The Morgan fingerprint density at radius 1 is 1.03 bits per heavy atom. The minimum atomic E-state index is -0.999. The van der Waals surface area contributed by atoms with E-state index in [0.29, 0.717) is 35.9 Å². The van der Waals surface area contributed by atoms with E-state index in [1.54, 1.807) is 12.1 Å². The third kappa shape index (κ3) is 3.99. The Balaban J connectivity index is 1.34. The van der Waals surface area contributed by atoms with Gasteiger partial charge in [-0.3, -0.25) is 19.7 Å². The third-order valence-electron chi connectivity index (χ3n) is 6.42. The molecule has 1 unspecified atom stereocenters. The first-order chi connectivity index (χ1) is 15.8. The summed E-state index contributed by atoms with van der Waals surface area (Å²) in [7, 11) is 0. The number of imide groups is 1. The van der Waals surface area contributed by atoms with Crippen molar-refractivity contribution in [2.24, 2.45) is 11.8 Å². The fourth-order valence-electron chi connectivity index (χ4n) is 4.72. The van der Waals surface area contributed by atoms with E-state index in [1.165, 1.54) is 18.2 Å². The van der Waals surface area contributed by atoms with Crippen molar-refractivity contribution in [3.63, 3.8) is 0 Å². The molecule has 1 aliphatic carbocycles. The summed E-state index contributed by atoms with van der Waals surface area (Å²) in [5.41, 5.74) is 2.17. The first-order valence-corrected chi connectivity index (χ1v) is 10.7. The number of aromatic amines is 1. The Kier molecular flexibility index (Phi) is 5.19. The number of aromatic nitrogens is 1. The average molecular weight is 455 g/mol. The van der Waals surface area contributed by atoms with Gasteiger partial charge in [-0.15, -0.1) is 0 Å². The molecule has 33 heavy (non-hydrogen) atoms. The molecule has 2 fully saturated rings. The molecule has 2 aromatic carbocycles. The summed E-state index contributed by atoms with van der Waals surface area (Å²) in [6.07, 6.45) is 1.61. The first-order valence-electron chi connectivity index (χ1n) is 10.7. The summed E-state index contributed by atoms with van der Waals surface area (Å²) in [5.74, 6) is -4.16. The average Bonchev–Trinajstić information content (AvgIpc) is 3.26. The van der Waals surface area contributed by atoms with Gasteiger partial charge in [0, 0.05) is 29.6 Å². The molecule has 170 valence electrons. The minimum Gasteiger partial charge on any atom is -0.353 e. The Hall–Kier alpha value is -3.62. The Morgan fingerprint density at radius 2 is 1.76 bits per heavy atom. The predicted molar refractivity (Wildman–Crippen MR) is 113 cm³/mol. The second-order valence-electron chi connectivity index (χ2n) is 8.71. The number of amides is 3. The van der Waals surface area contributed by atoms with Crippen molar-refractivity contribution in [2.75, 3.05) is 0 Å². The highest BCUT2D eigenvalue weighted by atomic mass is 19.1. The Bertz CT molecular complexity index is 1280. The first kappa shape index (κ1) is 21.2. The molecule has 9 heteroatoms. The van der Waals surface area contributed by atoms with E-state index in [2.05, 4.69) is 15.6 Å². The fourth-order valence-corrected chi connectivity index (χ4v) is 4.72. The molecule has 6 nitrogen and oxygen atoms in total. The lowest BCUT2D eigenvalue weighted by atomic mass is 9.75. The summed E-state index contributed by atoms with van der Waals surface area (Å²) in [6.45, 7) is 0. The van der Waals surface area contributed by atoms with Crippen molar-refractivity contribution in [3.05, 3.63) is 59.4 Å². The summed E-state index contributed by atoms with van der Waals surface area (Å²) < 4.78 is 41.8. The summed E-state index contributed by atoms with van der Waals surface area (Å²) in [4.78, 5) is 38.3. The van der Waals surface area contributed by atoms with Gasteiger partial charge in [0.2, 0.25) is 17.7 Å². The smallest absolute Gasteiger partial charge is 0.239 e. The maximum Gasteiger partial charge on any atom is 0.239 e. The molecular weight excluding hydrogens is 435 g/mol. The van der Waals surface area contributed by atoms with E-state index in [1.807, 2.05) is 0 Å². The van der Waals surface area contributed by atoms with Gasteiger partial charge in [-0.25, -0.2) is 13.2 Å². The van der Waals surface area contributed by atoms with Crippen LogP contribution < -0.4 is 10.6 Å². The topological polar surface area (TPSA) is 91.1 Å². The maximum absolute atomic E-state index is 14.4. The van der Waals surface area contributed by atoms with Crippen LogP contribution in [-0.4, -0.2) is 28.7 Å². The SMILES string of the molecule is O=C1CC(C(=O)NC2CC(Cc3c(-c4ccc(F)cc4)[nH]c4c(F)cc(F)cc34)C2)C(=O)N1. The molecule has 3 N–H and O–H groups in total. The van der Waals surface area contributed by atoms with Crippen molar-refractivity contribution < 1.29 is 27.6 Å². The molecule has 1 saturated carbocycles. The standard InChI is InChI=1S/C24H20F3N3O3/c25-13-3-1-12(2-4-13)21-16(17-8-14(26)9-19(27)22(17)30-21)7-11-5-15(6-11)28-23(32)18-10-20(31)29-24(18)33/h1-4,8-9,11,15,18,30H,5-7,10H2,(H,28,32)(H,29,31,33). The molecule has 0 spiro atoms. The number of hydrogen-bond donors (Lipinski definition) is 3. The zero-order valence-corrected chi connectivity index (χ0v) is 17.4. The van der Waals surface area contributed by atoms with E-state index in [4.69, 9.17) is 0 Å². The van der Waals surface area contributed by atoms with Crippen LogP contribution in [0.5, 0.6) is 0 Å². The van der Waals surface area contributed by atoms with Crippen molar-refractivity contribution >= 4 is 28.6 Å². The largest absolute Gasteiger partial charge is 0.353 e. The molecule has 0 bridgehead atoms. The quantitative estimate of drug-likeness (QED) is 0.407. The van der Waals surface area contributed by atoms with Crippen LogP contribution in [0.25, 0.3) is 22.2 Å². The number of benzene rings is 2. The van der Waals surface area contributed by atoms with Gasteiger partial charge in [0.25, 0.3) is 0 Å². The van der Waals surface area contributed by atoms with Crippen LogP contribution in [0.3, 0.4) is 0 Å². The number of fused-ring (bicyclic) bond motifs is 1. The van der Waals surface area contributed by atoms with Gasteiger partial charge in [0.05, 0.1) is 5.52 Å². The highest BCUT2D eigenvalue weighted by molar-refractivity contribution is 6.13. The van der Waals surface area contributed by atoms with Crippen LogP contribution in [-0.2, 0) is 20.8 Å². The van der Waals surface area contributed by atoms with Gasteiger partial charge in [-0.1, -0.05) is 0 Å². The lowest BCUT2D eigenvalue weighted by Crippen LogP contribution is -2.48. The van der Waals surface area contributed by atoms with Crippen LogP contribution >= 0.6 is 0 Å². The Morgan fingerprint density at radius 3 is 2.42 bits per heavy atom. The van der Waals surface area contributed by atoms with Gasteiger partial charge in [-0.2, -0.15) is 0 Å². The molecular formula is C24H20F3N3O3. The van der Waals surface area contributed by atoms with Crippen molar-refractivity contribution in [1.82, 2.24) is 15.6 Å². The normalized spacial score (nSPS) is 22.3. The lowest BCUT2D eigenvalue weighted by Gasteiger charge is -2.36. The number of carbonyl (C=O) groups is 3. The molecule has 1 aliphatic heterocycles. The molecule has 1 saturated heterocycles. The second kappa shape index (κ2) is 8.06. The second-order valence-corrected chi connectivity index (χ2v) is 8.71. The van der Waals surface area contributed by atoms with Crippen LogP contribution in [0.4, 0.5) is 13.2 Å². The van der Waals surface area contributed by atoms with Crippen molar-refractivity contribution in [1.29, 1.82) is 0 Å². The predicted octanol–water partition coefficient (Wildman–Crippen LogP) is 3.35. The number of H-pyrrole nitrogens is 1. The zero-order valence-electron chi connectivity index (χ0n) is 17.4. The highest BCUT2D eigenvalue weighted by Crippen LogP contribution is 2.38. The van der Waals surface area contributed by atoms with E-state index >= 15 is 0 Å². The molecule has 1 aromatic heterocycles. The van der Waals surface area contributed by atoms with Crippen molar-refractivity contribution in [3.8, 4) is 11.3 Å².